The minimum atomic E-state index is -0.362. The van der Waals surface area contributed by atoms with Gasteiger partial charge in [0.1, 0.15) is 11.1 Å². The summed E-state index contributed by atoms with van der Waals surface area (Å²) in [6, 6.07) is 25.2. The Balaban J connectivity index is 1.45. The van der Waals surface area contributed by atoms with Crippen LogP contribution in [0.25, 0.3) is 11.1 Å². The van der Waals surface area contributed by atoms with Gasteiger partial charge in [-0.15, -0.1) is 23.1 Å². The molecule has 1 atom stereocenters. The van der Waals surface area contributed by atoms with E-state index in [4.69, 9.17) is 0 Å². The standard InChI is InChI=1S/C30H27N3O2S2/c1-4-27(29(35)33-30-25(17-31)26(18-36-30)21-13-11-19(2)12-14-21)37-24-10-6-9-23(16-24)32-28(34)22-8-5-7-20(3)15-22/h5-16,18,27H,4H2,1-3H3,(H,32,34)(H,33,35). The highest BCUT2D eigenvalue weighted by Gasteiger charge is 2.22. The van der Waals surface area contributed by atoms with E-state index in [2.05, 4.69) is 16.7 Å². The molecule has 0 saturated carbocycles. The molecule has 37 heavy (non-hydrogen) atoms. The fraction of sp³-hybridized carbons (Fsp3) is 0.167. The summed E-state index contributed by atoms with van der Waals surface area (Å²) >= 11 is 2.79. The van der Waals surface area contributed by atoms with E-state index in [0.717, 1.165) is 27.1 Å². The molecule has 1 unspecified atom stereocenters. The van der Waals surface area contributed by atoms with Gasteiger partial charge in [0.15, 0.2) is 0 Å². The van der Waals surface area contributed by atoms with Crippen LogP contribution in [0.2, 0.25) is 0 Å². The minimum Gasteiger partial charge on any atom is -0.322 e. The van der Waals surface area contributed by atoms with Gasteiger partial charge in [0.2, 0.25) is 5.91 Å². The Hall–Kier alpha value is -3.86. The van der Waals surface area contributed by atoms with Crippen LogP contribution < -0.4 is 10.6 Å². The average Bonchev–Trinajstić information content (AvgIpc) is 3.30. The smallest absolute Gasteiger partial charge is 0.255 e. The van der Waals surface area contributed by atoms with Gasteiger partial charge in [0.05, 0.1) is 10.8 Å². The molecule has 7 heteroatoms. The third-order valence-corrected chi connectivity index (χ3v) is 8.07. The number of hydrogen-bond acceptors (Lipinski definition) is 5. The van der Waals surface area contributed by atoms with E-state index in [9.17, 15) is 14.9 Å². The molecule has 4 rings (SSSR count). The highest BCUT2D eigenvalue weighted by molar-refractivity contribution is 8.00. The molecular formula is C30H27N3O2S2. The second-order valence-electron chi connectivity index (χ2n) is 8.69. The zero-order valence-electron chi connectivity index (χ0n) is 20.9. The van der Waals surface area contributed by atoms with E-state index in [1.807, 2.05) is 92.9 Å². The Kier molecular flexibility index (Phi) is 8.44. The van der Waals surface area contributed by atoms with Crippen LogP contribution in [-0.2, 0) is 4.79 Å². The number of carbonyl (C=O) groups excluding carboxylic acids is 2. The summed E-state index contributed by atoms with van der Waals surface area (Å²) in [4.78, 5) is 26.7. The second kappa shape index (κ2) is 11.9. The van der Waals surface area contributed by atoms with Crippen molar-refractivity contribution >= 4 is 45.6 Å². The zero-order valence-corrected chi connectivity index (χ0v) is 22.5. The van der Waals surface area contributed by atoms with Crippen LogP contribution in [0.15, 0.2) is 83.1 Å². The Morgan fingerprint density at radius 3 is 2.43 bits per heavy atom. The first-order valence-corrected chi connectivity index (χ1v) is 13.7. The molecule has 0 bridgehead atoms. The van der Waals surface area contributed by atoms with Crippen LogP contribution in [0.4, 0.5) is 10.7 Å². The van der Waals surface area contributed by atoms with Crippen molar-refractivity contribution in [2.75, 3.05) is 10.6 Å². The summed E-state index contributed by atoms with van der Waals surface area (Å²) in [5, 5.41) is 17.8. The van der Waals surface area contributed by atoms with Gasteiger partial charge in [-0.2, -0.15) is 5.26 Å². The highest BCUT2D eigenvalue weighted by Crippen LogP contribution is 2.36. The number of aryl methyl sites for hydroxylation is 2. The number of anilines is 2. The largest absolute Gasteiger partial charge is 0.322 e. The van der Waals surface area contributed by atoms with Crippen molar-refractivity contribution in [1.82, 2.24) is 0 Å². The van der Waals surface area contributed by atoms with E-state index in [1.54, 1.807) is 6.07 Å². The van der Waals surface area contributed by atoms with Crippen LogP contribution in [0.3, 0.4) is 0 Å². The average molecular weight is 526 g/mol. The Morgan fingerprint density at radius 2 is 1.73 bits per heavy atom. The van der Waals surface area contributed by atoms with E-state index in [-0.39, 0.29) is 17.1 Å². The first kappa shape index (κ1) is 26.2. The topological polar surface area (TPSA) is 82.0 Å². The molecule has 0 radical (unpaired) electrons. The van der Waals surface area contributed by atoms with Gasteiger partial charge in [0, 0.05) is 27.1 Å². The number of nitriles is 1. The summed E-state index contributed by atoms with van der Waals surface area (Å²) in [6.07, 6.45) is 0.606. The normalized spacial score (nSPS) is 11.4. The lowest BCUT2D eigenvalue weighted by Gasteiger charge is -2.15. The number of benzene rings is 3. The number of amides is 2. The van der Waals surface area contributed by atoms with Crippen molar-refractivity contribution in [3.8, 4) is 17.2 Å². The molecule has 0 aliphatic heterocycles. The predicted octanol–water partition coefficient (Wildman–Crippen LogP) is 7.67. The van der Waals surface area contributed by atoms with Gasteiger partial charge < -0.3 is 10.6 Å². The second-order valence-corrected chi connectivity index (χ2v) is 10.8. The van der Waals surface area contributed by atoms with Crippen molar-refractivity contribution < 1.29 is 9.59 Å². The number of nitrogens with zero attached hydrogens (tertiary/aromatic N) is 1. The van der Waals surface area contributed by atoms with Crippen molar-refractivity contribution in [3.63, 3.8) is 0 Å². The molecule has 0 aliphatic rings. The monoisotopic (exact) mass is 525 g/mol. The van der Waals surface area contributed by atoms with Crippen LogP contribution in [0.5, 0.6) is 0 Å². The Labute approximate surface area is 225 Å². The predicted molar refractivity (Wildman–Crippen MR) is 153 cm³/mol. The maximum Gasteiger partial charge on any atom is 0.255 e. The molecule has 0 spiro atoms. The molecule has 1 aromatic heterocycles. The molecule has 3 aromatic carbocycles. The van der Waals surface area contributed by atoms with E-state index >= 15 is 0 Å². The molecule has 4 aromatic rings. The fourth-order valence-electron chi connectivity index (χ4n) is 3.82. The van der Waals surface area contributed by atoms with Crippen molar-refractivity contribution in [1.29, 1.82) is 5.26 Å². The van der Waals surface area contributed by atoms with Gasteiger partial charge in [-0.3, -0.25) is 9.59 Å². The number of hydrogen-bond donors (Lipinski definition) is 2. The Morgan fingerprint density at radius 1 is 0.973 bits per heavy atom. The maximum atomic E-state index is 13.2. The van der Waals surface area contributed by atoms with Gasteiger partial charge in [-0.05, 0) is 56.2 Å². The maximum absolute atomic E-state index is 13.2. The molecule has 0 aliphatic carbocycles. The lowest BCUT2D eigenvalue weighted by molar-refractivity contribution is -0.115. The molecule has 1 heterocycles. The number of rotatable bonds is 8. The van der Waals surface area contributed by atoms with E-state index in [1.165, 1.54) is 23.1 Å². The lowest BCUT2D eigenvalue weighted by atomic mass is 10.0. The molecule has 2 N–H and O–H groups in total. The van der Waals surface area contributed by atoms with Crippen LogP contribution >= 0.6 is 23.1 Å². The van der Waals surface area contributed by atoms with Gasteiger partial charge >= 0.3 is 0 Å². The van der Waals surface area contributed by atoms with Gasteiger partial charge in [-0.1, -0.05) is 60.5 Å². The van der Waals surface area contributed by atoms with E-state index in [0.29, 0.717) is 28.2 Å². The molecule has 186 valence electrons. The van der Waals surface area contributed by atoms with E-state index < -0.39 is 0 Å². The summed E-state index contributed by atoms with van der Waals surface area (Å²) in [5.74, 6) is -0.336. The third kappa shape index (κ3) is 6.48. The number of carbonyl (C=O) groups is 2. The van der Waals surface area contributed by atoms with Gasteiger partial charge in [-0.25, -0.2) is 0 Å². The molecule has 2 amide bonds. The molecular weight excluding hydrogens is 498 g/mol. The number of thioether (sulfide) groups is 1. The van der Waals surface area contributed by atoms with Crippen LogP contribution in [0, 0.1) is 25.2 Å². The Bertz CT molecular complexity index is 1470. The molecule has 5 nitrogen and oxygen atoms in total. The summed E-state index contributed by atoms with van der Waals surface area (Å²) in [6.45, 7) is 5.92. The highest BCUT2D eigenvalue weighted by atomic mass is 32.2. The zero-order chi connectivity index (χ0) is 26.4. The lowest BCUT2D eigenvalue weighted by Crippen LogP contribution is -2.24. The molecule has 0 saturated heterocycles. The van der Waals surface area contributed by atoms with Gasteiger partial charge in [0.25, 0.3) is 5.91 Å². The first-order chi connectivity index (χ1) is 17.9. The number of nitrogens with one attached hydrogen (secondary N) is 2. The summed E-state index contributed by atoms with van der Waals surface area (Å²) in [7, 11) is 0. The van der Waals surface area contributed by atoms with Crippen molar-refractivity contribution in [2.24, 2.45) is 0 Å². The van der Waals surface area contributed by atoms with Crippen molar-refractivity contribution in [3.05, 3.63) is 100 Å². The minimum absolute atomic E-state index is 0.157. The quantitative estimate of drug-likeness (QED) is 0.231. The summed E-state index contributed by atoms with van der Waals surface area (Å²) in [5.41, 5.74) is 5.67. The molecule has 0 fully saturated rings. The first-order valence-electron chi connectivity index (χ1n) is 11.9. The van der Waals surface area contributed by atoms with Crippen LogP contribution in [0.1, 0.15) is 40.4 Å². The van der Waals surface area contributed by atoms with Crippen LogP contribution in [-0.4, -0.2) is 17.1 Å². The van der Waals surface area contributed by atoms with Crippen molar-refractivity contribution in [2.45, 2.75) is 37.3 Å². The third-order valence-electron chi connectivity index (χ3n) is 5.82. The summed E-state index contributed by atoms with van der Waals surface area (Å²) < 4.78 is 0. The fourth-order valence-corrected chi connectivity index (χ4v) is 5.76. The SMILES string of the molecule is CCC(Sc1cccc(NC(=O)c2cccc(C)c2)c1)C(=O)Nc1scc(-c2ccc(C)cc2)c1C#N. The number of thiophene rings is 1.